The van der Waals surface area contributed by atoms with E-state index < -0.39 is 0 Å². The minimum Gasteiger partial charge on any atom is -0.306 e. The Morgan fingerprint density at radius 3 is 1.74 bits per heavy atom. The van der Waals surface area contributed by atoms with Crippen LogP contribution in [-0.2, 0) is 0 Å². The molecular formula is C59H36N10. The van der Waals surface area contributed by atoms with E-state index in [9.17, 15) is 0 Å². The van der Waals surface area contributed by atoms with E-state index in [2.05, 4.69) is 158 Å². The third-order valence-corrected chi connectivity index (χ3v) is 13.1. The van der Waals surface area contributed by atoms with Gasteiger partial charge in [0.05, 0.1) is 38.8 Å². The van der Waals surface area contributed by atoms with Crippen molar-refractivity contribution in [2.75, 3.05) is 0 Å². The van der Waals surface area contributed by atoms with E-state index in [-0.39, 0.29) is 0 Å². The lowest BCUT2D eigenvalue weighted by Gasteiger charge is -2.12. The summed E-state index contributed by atoms with van der Waals surface area (Å²) in [6.45, 7) is 0. The number of hydrogen-bond acceptors (Lipinski definition) is 7. The van der Waals surface area contributed by atoms with Crippen LogP contribution in [0.2, 0.25) is 0 Å². The van der Waals surface area contributed by atoms with Gasteiger partial charge < -0.3 is 4.57 Å². The molecule has 69 heavy (non-hydrogen) atoms. The van der Waals surface area contributed by atoms with E-state index in [1.54, 1.807) is 12.5 Å². The zero-order valence-corrected chi connectivity index (χ0v) is 36.8. The van der Waals surface area contributed by atoms with Crippen molar-refractivity contribution in [2.45, 2.75) is 0 Å². The van der Waals surface area contributed by atoms with E-state index in [1.807, 2.05) is 66.7 Å². The second kappa shape index (κ2) is 15.5. The highest BCUT2D eigenvalue weighted by Crippen LogP contribution is 2.39. The van der Waals surface area contributed by atoms with Gasteiger partial charge in [0.1, 0.15) is 28.9 Å². The molecule has 0 bridgehead atoms. The van der Waals surface area contributed by atoms with Gasteiger partial charge in [0.15, 0.2) is 11.6 Å². The molecule has 0 saturated carbocycles. The van der Waals surface area contributed by atoms with E-state index in [0.29, 0.717) is 23.3 Å². The molecule has 0 unspecified atom stereocenters. The molecule has 0 aliphatic carbocycles. The number of pyridine rings is 2. The Kier molecular flexibility index (Phi) is 8.65. The fraction of sp³-hybridized carbons (Fsp3) is 0. The maximum absolute atomic E-state index is 5.27. The van der Waals surface area contributed by atoms with Crippen molar-refractivity contribution in [2.24, 2.45) is 0 Å². The monoisotopic (exact) mass is 884 g/mol. The lowest BCUT2D eigenvalue weighted by molar-refractivity contribution is 0.942. The Balaban J connectivity index is 0.900. The highest BCUT2D eigenvalue weighted by atomic mass is 15.2. The summed E-state index contributed by atoms with van der Waals surface area (Å²) < 4.78 is 6.59. The average molecular weight is 885 g/mol. The fourth-order valence-corrected chi connectivity index (χ4v) is 9.98. The van der Waals surface area contributed by atoms with Crippen molar-refractivity contribution in [1.29, 1.82) is 0 Å². The number of para-hydroxylation sites is 3. The molecule has 14 aromatic rings. The normalized spacial score (nSPS) is 11.8. The molecule has 0 aliphatic heterocycles. The molecule has 0 N–H and O–H groups in total. The first kappa shape index (κ1) is 38.6. The Morgan fingerprint density at radius 2 is 0.928 bits per heavy atom. The van der Waals surface area contributed by atoms with Gasteiger partial charge in [-0.15, -0.1) is 0 Å². The lowest BCUT2D eigenvalue weighted by atomic mass is 10.0. The highest BCUT2D eigenvalue weighted by Gasteiger charge is 2.21. The third kappa shape index (κ3) is 6.23. The topological polar surface area (TPSA) is 105 Å². The Bertz CT molecular complexity index is 4250. The van der Waals surface area contributed by atoms with Crippen LogP contribution in [0, 0.1) is 0 Å². The Labute approximate surface area is 394 Å². The van der Waals surface area contributed by atoms with E-state index in [0.717, 1.165) is 105 Å². The molecule has 0 radical (unpaired) electrons. The largest absolute Gasteiger partial charge is 0.306 e. The van der Waals surface area contributed by atoms with Gasteiger partial charge in [0.25, 0.3) is 0 Å². The summed E-state index contributed by atoms with van der Waals surface area (Å²) >= 11 is 0. The molecule has 0 spiro atoms. The molecule has 7 heterocycles. The van der Waals surface area contributed by atoms with Gasteiger partial charge in [-0.3, -0.25) is 14.1 Å². The first-order valence-corrected chi connectivity index (χ1v) is 22.8. The molecule has 14 rings (SSSR count). The van der Waals surface area contributed by atoms with Crippen molar-refractivity contribution >= 4 is 65.7 Å². The summed E-state index contributed by atoms with van der Waals surface area (Å²) in [4.78, 5) is 34.8. The molecule has 7 aromatic carbocycles. The number of aromatic nitrogens is 10. The second-order valence-corrected chi connectivity index (χ2v) is 17.1. The third-order valence-electron chi connectivity index (χ3n) is 13.1. The zero-order valence-electron chi connectivity index (χ0n) is 36.8. The quantitative estimate of drug-likeness (QED) is 0.157. The summed E-state index contributed by atoms with van der Waals surface area (Å²) in [5.41, 5.74) is 14.3. The molecule has 0 fully saturated rings. The standard InChI is InChI=1S/C59H36N10/c1-4-15-37(16-5-1)47-35-54(65-57(64-47)38-17-6-2-7-18-38)68-48-23-12-10-21-42(48)44-28-26-40(34-53(44)68)39-27-30-50-45(33-39)43-22-11-13-24-49(43)69(50)59-62-36-61-58(66-59)46-29-31-52-56(63-46)55-51(25-14-32-60-55)67(52)41-19-8-3-9-20-41/h1-36H. The number of fused-ring (bicyclic) bond motifs is 9. The first-order valence-electron chi connectivity index (χ1n) is 22.8. The van der Waals surface area contributed by atoms with Gasteiger partial charge >= 0.3 is 0 Å². The minimum atomic E-state index is 0.472. The van der Waals surface area contributed by atoms with Gasteiger partial charge in [0, 0.05) is 50.6 Å². The first-order chi connectivity index (χ1) is 34.2. The molecule has 0 atom stereocenters. The van der Waals surface area contributed by atoms with Gasteiger partial charge in [-0.2, -0.15) is 4.98 Å². The Hall–Kier alpha value is -9.67. The highest BCUT2D eigenvalue weighted by molar-refractivity contribution is 6.12. The smallest absolute Gasteiger partial charge is 0.238 e. The number of benzene rings is 7. The van der Waals surface area contributed by atoms with Crippen molar-refractivity contribution in [1.82, 2.24) is 48.6 Å². The van der Waals surface area contributed by atoms with Crippen molar-refractivity contribution < 1.29 is 0 Å². The van der Waals surface area contributed by atoms with Crippen LogP contribution in [0.15, 0.2) is 219 Å². The van der Waals surface area contributed by atoms with Crippen LogP contribution in [0.4, 0.5) is 0 Å². The molecule has 10 nitrogen and oxygen atoms in total. The summed E-state index contributed by atoms with van der Waals surface area (Å²) in [6, 6.07) is 71.3. The fourth-order valence-electron chi connectivity index (χ4n) is 9.98. The second-order valence-electron chi connectivity index (χ2n) is 17.1. The lowest BCUT2D eigenvalue weighted by Crippen LogP contribution is -2.04. The molecule has 10 heteroatoms. The maximum atomic E-state index is 5.27. The number of hydrogen-bond donors (Lipinski definition) is 0. The van der Waals surface area contributed by atoms with Gasteiger partial charge in [-0.1, -0.05) is 133 Å². The van der Waals surface area contributed by atoms with Gasteiger partial charge in [-0.25, -0.2) is 24.9 Å². The number of rotatable bonds is 7. The van der Waals surface area contributed by atoms with Crippen molar-refractivity contribution in [3.05, 3.63) is 219 Å². The maximum Gasteiger partial charge on any atom is 0.238 e. The summed E-state index contributed by atoms with van der Waals surface area (Å²) in [5.74, 6) is 2.45. The van der Waals surface area contributed by atoms with Crippen LogP contribution in [0.5, 0.6) is 0 Å². The van der Waals surface area contributed by atoms with Crippen molar-refractivity contribution in [3.63, 3.8) is 0 Å². The predicted octanol–water partition coefficient (Wildman–Crippen LogP) is 13.4. The molecule has 0 amide bonds. The summed E-state index contributed by atoms with van der Waals surface area (Å²) in [6.07, 6.45) is 3.38. The van der Waals surface area contributed by atoms with Crippen LogP contribution in [0.3, 0.4) is 0 Å². The van der Waals surface area contributed by atoms with Gasteiger partial charge in [0.2, 0.25) is 5.95 Å². The van der Waals surface area contributed by atoms with Crippen LogP contribution in [-0.4, -0.2) is 48.6 Å². The van der Waals surface area contributed by atoms with Crippen molar-refractivity contribution in [3.8, 4) is 62.7 Å². The molecule has 0 saturated heterocycles. The summed E-state index contributed by atoms with van der Waals surface area (Å²) in [5, 5.41) is 4.47. The average Bonchev–Trinajstić information content (AvgIpc) is 4.06. The van der Waals surface area contributed by atoms with Gasteiger partial charge in [-0.05, 0) is 77.9 Å². The molecule has 322 valence electrons. The van der Waals surface area contributed by atoms with Crippen LogP contribution < -0.4 is 0 Å². The molecule has 7 aromatic heterocycles. The van der Waals surface area contributed by atoms with E-state index in [1.165, 1.54) is 0 Å². The number of nitrogens with zero attached hydrogens (tertiary/aromatic N) is 10. The minimum absolute atomic E-state index is 0.472. The Morgan fingerprint density at radius 1 is 0.304 bits per heavy atom. The molecular weight excluding hydrogens is 849 g/mol. The van der Waals surface area contributed by atoms with E-state index in [4.69, 9.17) is 29.9 Å². The SMILES string of the molecule is c1ccc(-c2cc(-n3c4ccccc4c4ccc(-c5ccc6c(c5)c5ccccc5n6-c5ncnc(-c6ccc7c(n6)c6ncccc6n7-c6ccccc6)n5)cc43)nc(-c3ccccc3)n2)cc1. The van der Waals surface area contributed by atoms with E-state index >= 15 is 0 Å². The van der Waals surface area contributed by atoms with Crippen LogP contribution in [0.1, 0.15) is 0 Å². The van der Waals surface area contributed by atoms with Crippen LogP contribution >= 0.6 is 0 Å². The zero-order chi connectivity index (χ0) is 45.4. The summed E-state index contributed by atoms with van der Waals surface area (Å²) in [7, 11) is 0. The molecule has 0 aliphatic rings. The van der Waals surface area contributed by atoms with Crippen LogP contribution in [0.25, 0.3) is 128 Å². The predicted molar refractivity (Wildman–Crippen MR) is 276 cm³/mol.